The van der Waals surface area contributed by atoms with Gasteiger partial charge in [0.05, 0.1) is 5.56 Å². The van der Waals surface area contributed by atoms with Crippen LogP contribution < -0.4 is 15.8 Å². The number of aryl methyl sites for hydroxylation is 1. The summed E-state index contributed by atoms with van der Waals surface area (Å²) < 4.78 is 5.83. The first-order valence-electron chi connectivity index (χ1n) is 9.92. The number of benzene rings is 1. The predicted molar refractivity (Wildman–Crippen MR) is 112 cm³/mol. The highest BCUT2D eigenvalue weighted by molar-refractivity contribution is 5.92. The second-order valence-electron chi connectivity index (χ2n) is 7.62. The maximum absolute atomic E-state index is 11.1. The van der Waals surface area contributed by atoms with Crippen molar-refractivity contribution < 1.29 is 9.53 Å². The molecule has 1 aromatic heterocycles. The molecule has 2 aromatic rings. The zero-order valence-corrected chi connectivity index (χ0v) is 16.5. The van der Waals surface area contributed by atoms with Crippen molar-refractivity contribution in [3.05, 3.63) is 65.4 Å². The number of carbonyl (C=O) groups is 1. The second kappa shape index (κ2) is 9.51. The van der Waals surface area contributed by atoms with Gasteiger partial charge in [-0.3, -0.25) is 4.79 Å². The topological polar surface area (TPSA) is 77.2 Å². The van der Waals surface area contributed by atoms with Crippen LogP contribution >= 0.6 is 0 Å². The molecule has 3 rings (SSSR count). The number of aromatic nitrogens is 1. The Bertz CT molecular complexity index is 830. The SMILES string of the molecule is C=C1CCCC(CNCCc2ccc(Oc3ccc(C(N)=O)cn3)c(C)c2)C1. The number of carbonyl (C=O) groups excluding carboxylic acids is 1. The molecule has 0 saturated heterocycles. The summed E-state index contributed by atoms with van der Waals surface area (Å²) in [6, 6.07) is 9.47. The molecular weight excluding hydrogens is 350 g/mol. The molecule has 0 aliphatic heterocycles. The number of amides is 1. The van der Waals surface area contributed by atoms with Gasteiger partial charge in [0.2, 0.25) is 11.8 Å². The van der Waals surface area contributed by atoms with Gasteiger partial charge in [-0.1, -0.05) is 24.3 Å². The van der Waals surface area contributed by atoms with E-state index in [1.165, 1.54) is 43.0 Å². The minimum atomic E-state index is -0.499. The molecule has 148 valence electrons. The van der Waals surface area contributed by atoms with E-state index >= 15 is 0 Å². The number of nitrogens with zero attached hydrogens (tertiary/aromatic N) is 1. The molecule has 0 bridgehead atoms. The molecule has 0 radical (unpaired) electrons. The van der Waals surface area contributed by atoms with Crippen molar-refractivity contribution in [3.63, 3.8) is 0 Å². The Hall–Kier alpha value is -2.66. The molecular formula is C23H29N3O2. The molecule has 1 aromatic carbocycles. The van der Waals surface area contributed by atoms with E-state index in [9.17, 15) is 4.79 Å². The fraction of sp³-hybridized carbons (Fsp3) is 0.391. The van der Waals surface area contributed by atoms with E-state index in [1.54, 1.807) is 12.1 Å². The smallest absolute Gasteiger partial charge is 0.250 e. The highest BCUT2D eigenvalue weighted by Crippen LogP contribution is 2.27. The maximum atomic E-state index is 11.1. The first-order valence-corrected chi connectivity index (χ1v) is 9.92. The Morgan fingerprint density at radius 2 is 2.21 bits per heavy atom. The van der Waals surface area contributed by atoms with Gasteiger partial charge in [-0.15, -0.1) is 0 Å². The third-order valence-electron chi connectivity index (χ3n) is 5.22. The third-order valence-corrected chi connectivity index (χ3v) is 5.22. The van der Waals surface area contributed by atoms with Gasteiger partial charge >= 0.3 is 0 Å². The largest absolute Gasteiger partial charge is 0.439 e. The lowest BCUT2D eigenvalue weighted by molar-refractivity contribution is 0.1000. The molecule has 1 unspecified atom stereocenters. The number of rotatable bonds is 8. The molecule has 1 saturated carbocycles. The Labute approximate surface area is 167 Å². The van der Waals surface area contributed by atoms with E-state index in [1.807, 2.05) is 13.0 Å². The van der Waals surface area contributed by atoms with Crippen molar-refractivity contribution in [2.24, 2.45) is 11.7 Å². The van der Waals surface area contributed by atoms with E-state index in [4.69, 9.17) is 10.5 Å². The van der Waals surface area contributed by atoms with Gasteiger partial charge in [-0.2, -0.15) is 0 Å². The molecule has 1 atom stereocenters. The number of nitrogens with one attached hydrogen (secondary N) is 1. The van der Waals surface area contributed by atoms with E-state index < -0.39 is 5.91 Å². The molecule has 1 aliphatic rings. The normalized spacial score (nSPS) is 16.8. The lowest BCUT2D eigenvalue weighted by atomic mass is 9.86. The van der Waals surface area contributed by atoms with E-state index in [0.717, 1.165) is 36.7 Å². The molecule has 1 fully saturated rings. The summed E-state index contributed by atoms with van der Waals surface area (Å²) in [4.78, 5) is 15.2. The zero-order chi connectivity index (χ0) is 19.9. The second-order valence-corrected chi connectivity index (χ2v) is 7.62. The standard InChI is InChI=1S/C23H29N3O2/c1-16-4-3-5-19(12-16)14-25-11-10-18-6-8-21(17(2)13-18)28-22-9-7-20(15-26-22)23(24)27/h6-9,13,15,19,25H,1,3-5,10-12,14H2,2H3,(H2,24,27). The number of primary amides is 1. The summed E-state index contributed by atoms with van der Waals surface area (Å²) in [5, 5.41) is 3.59. The number of hydrogen-bond acceptors (Lipinski definition) is 4. The van der Waals surface area contributed by atoms with Crippen molar-refractivity contribution in [1.82, 2.24) is 10.3 Å². The summed E-state index contributed by atoms with van der Waals surface area (Å²) in [7, 11) is 0. The number of nitrogens with two attached hydrogens (primary N) is 1. The molecule has 3 N–H and O–H groups in total. The van der Waals surface area contributed by atoms with Crippen LogP contribution in [0.5, 0.6) is 11.6 Å². The molecule has 0 spiro atoms. The first-order chi connectivity index (χ1) is 13.5. The van der Waals surface area contributed by atoms with Gasteiger partial charge in [-0.25, -0.2) is 4.98 Å². The van der Waals surface area contributed by atoms with Crippen LogP contribution in [0.15, 0.2) is 48.7 Å². The van der Waals surface area contributed by atoms with Gasteiger partial charge in [0, 0.05) is 12.3 Å². The van der Waals surface area contributed by atoms with Crippen LogP contribution in [0.2, 0.25) is 0 Å². The summed E-state index contributed by atoms with van der Waals surface area (Å²) in [6.07, 6.45) is 7.38. The van der Waals surface area contributed by atoms with Gasteiger partial charge in [0.15, 0.2) is 0 Å². The molecule has 1 amide bonds. The highest BCUT2D eigenvalue weighted by Gasteiger charge is 2.15. The minimum absolute atomic E-state index is 0.365. The van der Waals surface area contributed by atoms with E-state index in [2.05, 4.69) is 29.0 Å². The monoisotopic (exact) mass is 379 g/mol. The van der Waals surface area contributed by atoms with Crippen LogP contribution in [0.25, 0.3) is 0 Å². The third kappa shape index (κ3) is 5.67. The molecule has 28 heavy (non-hydrogen) atoms. The van der Waals surface area contributed by atoms with Crippen LogP contribution in [-0.4, -0.2) is 24.0 Å². The van der Waals surface area contributed by atoms with Crippen molar-refractivity contribution in [3.8, 4) is 11.6 Å². The van der Waals surface area contributed by atoms with Crippen LogP contribution in [0.1, 0.15) is 47.2 Å². The summed E-state index contributed by atoms with van der Waals surface area (Å²) in [5.74, 6) is 1.45. The van der Waals surface area contributed by atoms with Crippen LogP contribution in [0, 0.1) is 12.8 Å². The van der Waals surface area contributed by atoms with Gasteiger partial charge < -0.3 is 15.8 Å². The van der Waals surface area contributed by atoms with Gasteiger partial charge in [-0.05, 0) is 81.3 Å². The Balaban J connectivity index is 1.48. The number of ether oxygens (including phenoxy) is 1. The van der Waals surface area contributed by atoms with Crippen LogP contribution in [0.3, 0.4) is 0 Å². The molecule has 1 aliphatic carbocycles. The summed E-state index contributed by atoms with van der Waals surface area (Å²) in [5.41, 5.74) is 9.33. The predicted octanol–water partition coefficient (Wildman–Crippen LogP) is 4.16. The van der Waals surface area contributed by atoms with E-state index in [-0.39, 0.29) is 0 Å². The Morgan fingerprint density at radius 3 is 2.89 bits per heavy atom. The first kappa shape index (κ1) is 20.1. The summed E-state index contributed by atoms with van der Waals surface area (Å²) in [6.45, 7) is 8.21. The van der Waals surface area contributed by atoms with Crippen LogP contribution in [-0.2, 0) is 6.42 Å². The number of pyridine rings is 1. The average Bonchev–Trinajstić information content (AvgIpc) is 2.68. The lowest BCUT2D eigenvalue weighted by Gasteiger charge is -2.23. The quantitative estimate of drug-likeness (QED) is 0.533. The van der Waals surface area contributed by atoms with Crippen molar-refractivity contribution in [2.45, 2.75) is 39.0 Å². The van der Waals surface area contributed by atoms with E-state index in [0.29, 0.717) is 11.4 Å². The average molecular weight is 380 g/mol. The minimum Gasteiger partial charge on any atom is -0.439 e. The zero-order valence-electron chi connectivity index (χ0n) is 16.5. The maximum Gasteiger partial charge on any atom is 0.250 e. The summed E-state index contributed by atoms with van der Waals surface area (Å²) >= 11 is 0. The van der Waals surface area contributed by atoms with Crippen molar-refractivity contribution in [1.29, 1.82) is 0 Å². The number of allylic oxidation sites excluding steroid dienone is 1. The highest BCUT2D eigenvalue weighted by atomic mass is 16.5. The van der Waals surface area contributed by atoms with Gasteiger partial charge in [0.1, 0.15) is 5.75 Å². The molecule has 5 heteroatoms. The Morgan fingerprint density at radius 1 is 1.36 bits per heavy atom. The van der Waals surface area contributed by atoms with Crippen molar-refractivity contribution in [2.75, 3.05) is 13.1 Å². The fourth-order valence-corrected chi connectivity index (χ4v) is 3.65. The van der Waals surface area contributed by atoms with Gasteiger partial charge in [0.25, 0.3) is 0 Å². The van der Waals surface area contributed by atoms with Crippen LogP contribution in [0.4, 0.5) is 0 Å². The Kier molecular flexibility index (Phi) is 6.82. The van der Waals surface area contributed by atoms with Crippen molar-refractivity contribution >= 4 is 5.91 Å². The fourth-order valence-electron chi connectivity index (χ4n) is 3.65. The number of hydrogen-bond donors (Lipinski definition) is 2. The molecule has 5 nitrogen and oxygen atoms in total. The molecule has 1 heterocycles. The lowest BCUT2D eigenvalue weighted by Crippen LogP contribution is -2.26.